The van der Waals surface area contributed by atoms with Crippen LogP contribution in [0.4, 0.5) is 8.78 Å². The van der Waals surface area contributed by atoms with Gasteiger partial charge in [-0.1, -0.05) is 55.8 Å². The van der Waals surface area contributed by atoms with Gasteiger partial charge in [0.15, 0.2) is 0 Å². The molecule has 0 fully saturated rings. The van der Waals surface area contributed by atoms with Crippen LogP contribution in [0.5, 0.6) is 0 Å². The minimum absolute atomic E-state index is 0.168. The second-order valence-electron chi connectivity index (χ2n) is 9.16. The third-order valence-corrected chi connectivity index (χ3v) is 5.69. The van der Waals surface area contributed by atoms with Crippen molar-refractivity contribution in [1.29, 1.82) is 0 Å². The molecule has 1 heterocycles. The molecule has 0 amide bonds. The number of hydrogen-bond acceptors (Lipinski definition) is 2. The van der Waals surface area contributed by atoms with Gasteiger partial charge in [0.1, 0.15) is 5.69 Å². The molecule has 33 heavy (non-hydrogen) atoms. The Balaban J connectivity index is 2.05. The Morgan fingerprint density at radius 3 is 2.24 bits per heavy atom. The standard InChI is InChI=1S/C26H30F2N2O3/c1-5-6-11-21-22(23(27)28)30(26(2,3)4)25(33)29(21)16-17-12-14-18(15-13-17)19-9-7-8-10-20(19)24(31)32/h7-10,12-15,23H,5-6,11,16H2,1-4H3,(H,31,32). The van der Waals surface area contributed by atoms with Crippen molar-refractivity contribution in [3.8, 4) is 11.1 Å². The minimum atomic E-state index is -2.75. The van der Waals surface area contributed by atoms with Crippen molar-refractivity contribution in [1.82, 2.24) is 9.13 Å². The maximum Gasteiger partial charge on any atom is 0.336 e. The predicted molar refractivity (Wildman–Crippen MR) is 125 cm³/mol. The van der Waals surface area contributed by atoms with Gasteiger partial charge < -0.3 is 5.11 Å². The Labute approximate surface area is 192 Å². The van der Waals surface area contributed by atoms with Crippen LogP contribution in [0.3, 0.4) is 0 Å². The molecule has 0 aliphatic heterocycles. The maximum absolute atomic E-state index is 14.1. The molecule has 5 nitrogen and oxygen atoms in total. The molecule has 0 bridgehead atoms. The molecule has 0 aliphatic carbocycles. The van der Waals surface area contributed by atoms with Crippen LogP contribution in [0.2, 0.25) is 0 Å². The molecular weight excluding hydrogens is 426 g/mol. The molecule has 7 heteroatoms. The number of imidazole rings is 1. The molecule has 0 aliphatic rings. The molecule has 3 rings (SSSR count). The molecule has 0 spiro atoms. The Bertz CT molecular complexity index is 1190. The van der Waals surface area contributed by atoms with Crippen molar-refractivity contribution < 1.29 is 18.7 Å². The molecule has 1 N–H and O–H groups in total. The highest BCUT2D eigenvalue weighted by Gasteiger charge is 2.31. The summed E-state index contributed by atoms with van der Waals surface area (Å²) in [5.74, 6) is -1.01. The first-order chi connectivity index (χ1) is 15.6. The first-order valence-electron chi connectivity index (χ1n) is 11.1. The fourth-order valence-electron chi connectivity index (χ4n) is 4.14. The molecule has 3 aromatic rings. The van der Waals surface area contributed by atoms with Crippen molar-refractivity contribution in [2.24, 2.45) is 0 Å². The van der Waals surface area contributed by atoms with Crippen molar-refractivity contribution in [3.63, 3.8) is 0 Å². The number of unbranched alkanes of at least 4 members (excludes halogenated alkanes) is 1. The molecule has 1 aromatic heterocycles. The zero-order valence-corrected chi connectivity index (χ0v) is 19.4. The predicted octanol–water partition coefficient (Wildman–Crippen LogP) is 6.10. The Hall–Kier alpha value is -3.22. The van der Waals surface area contributed by atoms with Crippen LogP contribution in [-0.4, -0.2) is 20.2 Å². The molecule has 2 aromatic carbocycles. The van der Waals surface area contributed by atoms with E-state index in [2.05, 4.69) is 0 Å². The number of rotatable bonds is 8. The number of carboxylic acids is 1. The summed E-state index contributed by atoms with van der Waals surface area (Å²) >= 11 is 0. The fraction of sp³-hybridized carbons (Fsp3) is 0.385. The molecule has 0 saturated carbocycles. The summed E-state index contributed by atoms with van der Waals surface area (Å²) < 4.78 is 30.9. The van der Waals surface area contributed by atoms with E-state index in [0.717, 1.165) is 17.5 Å². The van der Waals surface area contributed by atoms with Crippen LogP contribution < -0.4 is 5.69 Å². The maximum atomic E-state index is 14.1. The van der Waals surface area contributed by atoms with Gasteiger partial charge in [-0.05, 0) is 56.4 Å². The second kappa shape index (κ2) is 9.73. The van der Waals surface area contributed by atoms with Gasteiger partial charge in [0.05, 0.1) is 12.1 Å². The molecular formula is C26H30F2N2O3. The summed E-state index contributed by atoms with van der Waals surface area (Å²) in [4.78, 5) is 24.8. The Morgan fingerprint density at radius 1 is 1.06 bits per heavy atom. The van der Waals surface area contributed by atoms with Gasteiger partial charge in [-0.25, -0.2) is 18.4 Å². The smallest absolute Gasteiger partial charge is 0.336 e. The number of carboxylic acid groups (broad SMARTS) is 1. The number of alkyl halides is 2. The molecule has 0 unspecified atom stereocenters. The van der Waals surface area contributed by atoms with Gasteiger partial charge in [-0.2, -0.15) is 0 Å². The zero-order valence-electron chi connectivity index (χ0n) is 19.4. The fourth-order valence-corrected chi connectivity index (χ4v) is 4.14. The van der Waals surface area contributed by atoms with E-state index in [4.69, 9.17) is 0 Å². The quantitative estimate of drug-likeness (QED) is 0.446. The van der Waals surface area contributed by atoms with Crippen LogP contribution in [-0.2, 0) is 18.5 Å². The van der Waals surface area contributed by atoms with Gasteiger partial charge in [0, 0.05) is 11.2 Å². The van der Waals surface area contributed by atoms with Crippen molar-refractivity contribution in [2.45, 2.75) is 65.5 Å². The summed E-state index contributed by atoms with van der Waals surface area (Å²) in [6.45, 7) is 7.41. The van der Waals surface area contributed by atoms with Crippen LogP contribution in [0, 0.1) is 0 Å². The summed E-state index contributed by atoms with van der Waals surface area (Å²) in [5, 5.41) is 9.45. The summed E-state index contributed by atoms with van der Waals surface area (Å²) in [6.07, 6.45) is -0.814. The van der Waals surface area contributed by atoms with Crippen molar-refractivity contribution in [2.75, 3.05) is 0 Å². The van der Waals surface area contributed by atoms with Crippen LogP contribution in [0.25, 0.3) is 11.1 Å². The van der Waals surface area contributed by atoms with Gasteiger partial charge >= 0.3 is 11.7 Å². The Morgan fingerprint density at radius 2 is 1.70 bits per heavy atom. The Kier molecular flexibility index (Phi) is 7.20. The lowest BCUT2D eigenvalue weighted by Gasteiger charge is -2.22. The van der Waals surface area contributed by atoms with E-state index in [0.29, 0.717) is 24.1 Å². The summed E-state index contributed by atoms with van der Waals surface area (Å²) in [7, 11) is 0. The number of hydrogen-bond donors (Lipinski definition) is 1. The molecule has 0 radical (unpaired) electrons. The molecule has 0 atom stereocenters. The number of aromatic nitrogens is 2. The average molecular weight is 457 g/mol. The number of aromatic carboxylic acids is 1. The van der Waals surface area contributed by atoms with E-state index in [-0.39, 0.29) is 17.8 Å². The SMILES string of the molecule is CCCCc1c(C(F)F)n(C(C)(C)C)c(=O)n1Cc1ccc(-c2ccccc2C(=O)O)cc1. The van der Waals surface area contributed by atoms with Crippen LogP contribution >= 0.6 is 0 Å². The van der Waals surface area contributed by atoms with E-state index in [1.807, 2.05) is 6.92 Å². The first kappa shape index (κ1) is 24.4. The van der Waals surface area contributed by atoms with E-state index in [9.17, 15) is 23.5 Å². The monoisotopic (exact) mass is 456 g/mol. The number of halogens is 2. The number of benzene rings is 2. The van der Waals surface area contributed by atoms with Crippen LogP contribution in [0.15, 0.2) is 53.3 Å². The third-order valence-electron chi connectivity index (χ3n) is 5.69. The van der Waals surface area contributed by atoms with E-state index in [1.54, 1.807) is 69.3 Å². The highest BCUT2D eigenvalue weighted by molar-refractivity contribution is 5.95. The summed E-state index contributed by atoms with van der Waals surface area (Å²) in [6, 6.07) is 13.9. The second-order valence-corrected chi connectivity index (χ2v) is 9.16. The van der Waals surface area contributed by atoms with Crippen LogP contribution in [0.1, 0.15) is 74.3 Å². The highest BCUT2D eigenvalue weighted by atomic mass is 19.3. The minimum Gasteiger partial charge on any atom is -0.478 e. The van der Waals surface area contributed by atoms with Gasteiger partial charge in [0.2, 0.25) is 0 Å². The van der Waals surface area contributed by atoms with Gasteiger partial charge in [0.25, 0.3) is 6.43 Å². The lowest BCUT2D eigenvalue weighted by Crippen LogP contribution is -2.36. The van der Waals surface area contributed by atoms with Crippen molar-refractivity contribution >= 4 is 5.97 Å². The first-order valence-corrected chi connectivity index (χ1v) is 11.1. The molecule has 176 valence electrons. The van der Waals surface area contributed by atoms with E-state index >= 15 is 0 Å². The molecule has 0 saturated heterocycles. The summed E-state index contributed by atoms with van der Waals surface area (Å²) in [5.41, 5.74) is 1.26. The normalized spacial score (nSPS) is 11.8. The number of nitrogens with zero attached hydrogens (tertiary/aromatic N) is 2. The number of carbonyl (C=O) groups is 1. The largest absolute Gasteiger partial charge is 0.478 e. The van der Waals surface area contributed by atoms with Gasteiger partial charge in [-0.15, -0.1) is 0 Å². The lowest BCUT2D eigenvalue weighted by molar-refractivity contribution is 0.0697. The van der Waals surface area contributed by atoms with E-state index in [1.165, 1.54) is 9.13 Å². The topological polar surface area (TPSA) is 64.2 Å². The van der Waals surface area contributed by atoms with E-state index < -0.39 is 23.6 Å². The average Bonchev–Trinajstić information content (AvgIpc) is 3.04. The van der Waals surface area contributed by atoms with Crippen molar-refractivity contribution in [3.05, 3.63) is 81.5 Å². The zero-order chi connectivity index (χ0) is 24.3. The van der Waals surface area contributed by atoms with Gasteiger partial charge in [-0.3, -0.25) is 9.13 Å². The third kappa shape index (κ3) is 5.07. The lowest BCUT2D eigenvalue weighted by atomic mass is 9.99. The highest BCUT2D eigenvalue weighted by Crippen LogP contribution is 2.29.